The van der Waals surface area contributed by atoms with Crippen LogP contribution in [0.3, 0.4) is 0 Å². The van der Waals surface area contributed by atoms with Gasteiger partial charge in [-0.3, -0.25) is 4.79 Å². The van der Waals surface area contributed by atoms with E-state index in [9.17, 15) is 4.79 Å². The van der Waals surface area contributed by atoms with Gasteiger partial charge < -0.3 is 18.6 Å². The van der Waals surface area contributed by atoms with Crippen molar-refractivity contribution in [1.82, 2.24) is 0 Å². The van der Waals surface area contributed by atoms with Crippen LogP contribution in [0.15, 0.2) is 0 Å². The van der Waals surface area contributed by atoms with E-state index in [0.717, 1.165) is 0 Å². The predicted molar refractivity (Wildman–Crippen MR) is 67.6 cm³/mol. The highest BCUT2D eigenvalue weighted by atomic mass is 28.4. The SMILES string of the molecule is COC(=O)CCOCCOCCO[Si](C)(C)C. The Morgan fingerprint density at radius 1 is 0.941 bits per heavy atom. The smallest absolute Gasteiger partial charge is 0.307 e. The van der Waals surface area contributed by atoms with E-state index in [1.807, 2.05) is 0 Å². The van der Waals surface area contributed by atoms with Crippen LogP contribution < -0.4 is 0 Å². The second-order valence-electron chi connectivity index (χ2n) is 4.51. The first kappa shape index (κ1) is 16.6. The zero-order valence-corrected chi connectivity index (χ0v) is 12.3. The summed E-state index contributed by atoms with van der Waals surface area (Å²) in [7, 11) is -0.0528. The molecule has 0 rings (SSSR count). The van der Waals surface area contributed by atoms with Gasteiger partial charge in [0.15, 0.2) is 8.32 Å². The molecule has 0 heterocycles. The Morgan fingerprint density at radius 2 is 1.47 bits per heavy atom. The van der Waals surface area contributed by atoms with Gasteiger partial charge in [0.2, 0.25) is 0 Å². The molecule has 0 unspecified atom stereocenters. The van der Waals surface area contributed by atoms with Gasteiger partial charge in [0.25, 0.3) is 0 Å². The van der Waals surface area contributed by atoms with Crippen molar-refractivity contribution in [1.29, 1.82) is 0 Å². The van der Waals surface area contributed by atoms with Crippen molar-refractivity contribution in [3.8, 4) is 0 Å². The highest BCUT2D eigenvalue weighted by molar-refractivity contribution is 6.69. The summed E-state index contributed by atoms with van der Waals surface area (Å²) < 4.78 is 20.6. The molecule has 0 aliphatic heterocycles. The third kappa shape index (κ3) is 13.5. The molecule has 0 aliphatic rings. The van der Waals surface area contributed by atoms with Crippen LogP contribution in [0, 0.1) is 0 Å². The molecule has 102 valence electrons. The topological polar surface area (TPSA) is 54.0 Å². The fourth-order valence-corrected chi connectivity index (χ4v) is 1.68. The monoisotopic (exact) mass is 264 g/mol. The van der Waals surface area contributed by atoms with Gasteiger partial charge in [-0.2, -0.15) is 0 Å². The summed E-state index contributed by atoms with van der Waals surface area (Å²) in [5.74, 6) is -0.255. The molecule has 17 heavy (non-hydrogen) atoms. The molecule has 0 radical (unpaired) electrons. The van der Waals surface area contributed by atoms with Crippen molar-refractivity contribution < 1.29 is 23.4 Å². The molecular formula is C11H24O5Si. The summed E-state index contributed by atoms with van der Waals surface area (Å²) in [6, 6.07) is 0. The van der Waals surface area contributed by atoms with Crippen LogP contribution in [-0.4, -0.2) is 54.4 Å². The minimum atomic E-state index is -1.42. The van der Waals surface area contributed by atoms with Crippen molar-refractivity contribution in [3.63, 3.8) is 0 Å². The van der Waals surface area contributed by atoms with E-state index in [0.29, 0.717) is 33.0 Å². The van der Waals surface area contributed by atoms with E-state index in [1.165, 1.54) is 7.11 Å². The minimum Gasteiger partial charge on any atom is -0.469 e. The van der Waals surface area contributed by atoms with E-state index in [1.54, 1.807) is 0 Å². The van der Waals surface area contributed by atoms with Crippen molar-refractivity contribution in [2.45, 2.75) is 26.1 Å². The largest absolute Gasteiger partial charge is 0.469 e. The number of carbonyl (C=O) groups is 1. The van der Waals surface area contributed by atoms with Gasteiger partial charge in [-0.05, 0) is 19.6 Å². The molecule has 5 nitrogen and oxygen atoms in total. The molecule has 0 amide bonds. The molecule has 0 saturated heterocycles. The van der Waals surface area contributed by atoms with Gasteiger partial charge in [-0.15, -0.1) is 0 Å². The van der Waals surface area contributed by atoms with E-state index < -0.39 is 8.32 Å². The molecule has 0 aromatic heterocycles. The van der Waals surface area contributed by atoms with Gasteiger partial charge in [0.1, 0.15) is 0 Å². The molecule has 0 saturated carbocycles. The lowest BCUT2D eigenvalue weighted by Gasteiger charge is -2.16. The summed E-state index contributed by atoms with van der Waals surface area (Å²) in [4.78, 5) is 10.7. The van der Waals surface area contributed by atoms with Gasteiger partial charge in [-0.1, -0.05) is 0 Å². The summed E-state index contributed by atoms with van der Waals surface area (Å²) in [5, 5.41) is 0. The maximum absolute atomic E-state index is 10.7. The van der Waals surface area contributed by atoms with Crippen LogP contribution >= 0.6 is 0 Å². The lowest BCUT2D eigenvalue weighted by atomic mass is 10.5. The lowest BCUT2D eigenvalue weighted by Crippen LogP contribution is -2.27. The normalized spacial score (nSPS) is 11.5. The Morgan fingerprint density at radius 3 is 2.00 bits per heavy atom. The highest BCUT2D eigenvalue weighted by Crippen LogP contribution is 2.01. The molecule has 0 N–H and O–H groups in total. The Bertz CT molecular complexity index is 203. The maximum Gasteiger partial charge on any atom is 0.307 e. The highest BCUT2D eigenvalue weighted by Gasteiger charge is 2.12. The standard InChI is InChI=1S/C11H24O5Si/c1-13-11(12)5-6-14-7-8-15-9-10-16-17(2,3)4/h5-10H2,1-4H3. The summed E-state index contributed by atoms with van der Waals surface area (Å²) >= 11 is 0. The van der Waals surface area contributed by atoms with Crippen molar-refractivity contribution in [2.75, 3.05) is 40.1 Å². The first-order valence-electron chi connectivity index (χ1n) is 5.82. The van der Waals surface area contributed by atoms with Gasteiger partial charge in [0, 0.05) is 0 Å². The van der Waals surface area contributed by atoms with Crippen molar-refractivity contribution in [2.24, 2.45) is 0 Å². The minimum absolute atomic E-state index is 0.255. The van der Waals surface area contributed by atoms with E-state index >= 15 is 0 Å². The van der Waals surface area contributed by atoms with Gasteiger partial charge in [0.05, 0.1) is 46.6 Å². The summed E-state index contributed by atoms with van der Waals surface area (Å²) in [5.41, 5.74) is 0. The average molecular weight is 264 g/mol. The predicted octanol–water partition coefficient (Wildman–Crippen LogP) is 1.43. The molecule has 0 bridgehead atoms. The van der Waals surface area contributed by atoms with E-state index in [4.69, 9.17) is 13.9 Å². The molecule has 0 aromatic rings. The summed E-state index contributed by atoms with van der Waals surface area (Å²) in [6.45, 7) is 9.04. The Labute approximate surface area is 105 Å². The molecule has 0 fully saturated rings. The number of hydrogen-bond donors (Lipinski definition) is 0. The first-order chi connectivity index (χ1) is 7.95. The number of methoxy groups -OCH3 is 1. The Balaban J connectivity index is 3.12. The number of ether oxygens (including phenoxy) is 3. The third-order valence-corrected chi connectivity index (χ3v) is 2.88. The molecule has 0 spiro atoms. The van der Waals surface area contributed by atoms with Crippen LogP contribution in [0.4, 0.5) is 0 Å². The molecule has 0 aliphatic carbocycles. The maximum atomic E-state index is 10.7. The van der Waals surface area contributed by atoms with Crippen LogP contribution in [0.2, 0.25) is 19.6 Å². The van der Waals surface area contributed by atoms with Crippen LogP contribution in [0.1, 0.15) is 6.42 Å². The second-order valence-corrected chi connectivity index (χ2v) is 9.03. The Hall–Kier alpha value is -0.433. The van der Waals surface area contributed by atoms with Crippen molar-refractivity contribution >= 4 is 14.3 Å². The van der Waals surface area contributed by atoms with Crippen LogP contribution in [0.5, 0.6) is 0 Å². The van der Waals surface area contributed by atoms with E-state index in [2.05, 4.69) is 24.4 Å². The van der Waals surface area contributed by atoms with Crippen molar-refractivity contribution in [3.05, 3.63) is 0 Å². The fraction of sp³-hybridized carbons (Fsp3) is 0.909. The first-order valence-corrected chi connectivity index (χ1v) is 9.23. The van der Waals surface area contributed by atoms with Gasteiger partial charge >= 0.3 is 5.97 Å². The quantitative estimate of drug-likeness (QED) is 0.339. The summed E-state index contributed by atoms with van der Waals surface area (Å²) in [6.07, 6.45) is 0.287. The van der Waals surface area contributed by atoms with Crippen LogP contribution in [-0.2, 0) is 23.4 Å². The van der Waals surface area contributed by atoms with Gasteiger partial charge in [-0.25, -0.2) is 0 Å². The van der Waals surface area contributed by atoms with Crippen LogP contribution in [0.25, 0.3) is 0 Å². The molecule has 6 heteroatoms. The lowest BCUT2D eigenvalue weighted by molar-refractivity contribution is -0.141. The number of rotatable bonds is 10. The van der Waals surface area contributed by atoms with E-state index in [-0.39, 0.29) is 12.4 Å². The fourth-order valence-electron chi connectivity index (χ4n) is 0.986. The average Bonchev–Trinajstić information content (AvgIpc) is 2.25. The molecule has 0 atom stereocenters. The number of esters is 1. The zero-order chi connectivity index (χ0) is 13.1. The number of carbonyl (C=O) groups excluding carboxylic acids is 1. The molecule has 0 aromatic carbocycles. The third-order valence-electron chi connectivity index (χ3n) is 1.81. The molecular weight excluding hydrogens is 240 g/mol. The Kier molecular flexibility index (Phi) is 9.34. The second kappa shape index (κ2) is 9.58. The number of hydrogen-bond acceptors (Lipinski definition) is 5. The zero-order valence-electron chi connectivity index (χ0n) is 11.3.